The molecule has 1 N–H and O–H groups in total. The number of rotatable bonds is 6. The van der Waals surface area contributed by atoms with E-state index in [9.17, 15) is 13.5 Å². The largest absolute Gasteiger partial charge is 0.391 e. The molecule has 0 aliphatic carbocycles. The molecule has 0 saturated carbocycles. The van der Waals surface area contributed by atoms with Crippen molar-refractivity contribution in [3.8, 4) is 0 Å². The Hall–Kier alpha value is 0.260. The van der Waals surface area contributed by atoms with Gasteiger partial charge in [0.25, 0.3) is 0 Å². The van der Waals surface area contributed by atoms with E-state index in [4.69, 9.17) is 0 Å². The number of thioether (sulfide) groups is 1. The molecule has 1 aliphatic rings. The third-order valence-electron chi connectivity index (χ3n) is 2.60. The second kappa shape index (κ2) is 6.11. The Morgan fingerprint density at radius 1 is 1.27 bits per heavy atom. The van der Waals surface area contributed by atoms with Gasteiger partial charge in [0.05, 0.1) is 17.6 Å². The van der Waals surface area contributed by atoms with Crippen LogP contribution in [-0.2, 0) is 9.84 Å². The van der Waals surface area contributed by atoms with E-state index in [1.165, 1.54) is 19.3 Å². The van der Waals surface area contributed by atoms with E-state index in [1.807, 2.05) is 0 Å². The molecular weight excluding hydrogens is 232 g/mol. The minimum absolute atomic E-state index is 0.0420. The normalized spacial score (nSPS) is 29.5. The van der Waals surface area contributed by atoms with Gasteiger partial charge < -0.3 is 5.11 Å². The van der Waals surface area contributed by atoms with Crippen LogP contribution in [0.5, 0.6) is 0 Å². The third kappa shape index (κ3) is 4.74. The molecule has 1 rings (SSSR count). The van der Waals surface area contributed by atoms with Crippen LogP contribution in [0.1, 0.15) is 32.6 Å². The van der Waals surface area contributed by atoms with E-state index < -0.39 is 15.9 Å². The molecule has 0 aromatic rings. The molecule has 3 nitrogen and oxygen atoms in total. The average Bonchev–Trinajstić information content (AvgIpc) is 2.39. The highest BCUT2D eigenvalue weighted by Crippen LogP contribution is 2.25. The van der Waals surface area contributed by atoms with E-state index in [-0.39, 0.29) is 16.8 Å². The van der Waals surface area contributed by atoms with E-state index in [2.05, 4.69) is 6.92 Å². The first kappa shape index (κ1) is 13.3. The molecule has 0 spiro atoms. The summed E-state index contributed by atoms with van der Waals surface area (Å²) in [7, 11) is -2.96. The van der Waals surface area contributed by atoms with Crippen LogP contribution in [0, 0.1) is 0 Å². The summed E-state index contributed by atoms with van der Waals surface area (Å²) in [6, 6.07) is 0. The van der Waals surface area contributed by atoms with Gasteiger partial charge in [0.15, 0.2) is 9.84 Å². The molecule has 90 valence electrons. The van der Waals surface area contributed by atoms with Gasteiger partial charge in [-0.05, 0) is 12.2 Å². The molecule has 0 aromatic heterocycles. The Balaban J connectivity index is 2.17. The second-order valence-corrected chi connectivity index (χ2v) is 7.62. The topological polar surface area (TPSA) is 54.4 Å². The molecule has 0 amide bonds. The van der Waals surface area contributed by atoms with Gasteiger partial charge in [-0.15, -0.1) is 0 Å². The lowest BCUT2D eigenvalue weighted by atomic mass is 10.2. The fourth-order valence-electron chi connectivity index (χ4n) is 1.72. The van der Waals surface area contributed by atoms with E-state index in [0.717, 1.165) is 12.2 Å². The van der Waals surface area contributed by atoms with Crippen molar-refractivity contribution < 1.29 is 13.5 Å². The van der Waals surface area contributed by atoms with E-state index in [0.29, 0.717) is 0 Å². The Morgan fingerprint density at radius 2 is 2.00 bits per heavy atom. The third-order valence-corrected chi connectivity index (χ3v) is 5.96. The molecule has 2 unspecified atom stereocenters. The molecule has 1 saturated heterocycles. The monoisotopic (exact) mass is 252 g/mol. The Labute approximate surface area is 96.6 Å². The zero-order valence-corrected chi connectivity index (χ0v) is 10.8. The minimum Gasteiger partial charge on any atom is -0.391 e. The number of aliphatic hydroxyl groups excluding tert-OH is 1. The second-order valence-electron chi connectivity index (χ2n) is 4.11. The van der Waals surface area contributed by atoms with E-state index in [1.54, 1.807) is 11.8 Å². The average molecular weight is 252 g/mol. The first-order valence-corrected chi connectivity index (χ1v) is 8.42. The minimum atomic E-state index is -2.96. The van der Waals surface area contributed by atoms with Gasteiger partial charge in [-0.25, -0.2) is 8.42 Å². The first-order valence-electron chi connectivity index (χ1n) is 5.55. The maximum Gasteiger partial charge on any atom is 0.154 e. The van der Waals surface area contributed by atoms with Gasteiger partial charge in [0.2, 0.25) is 0 Å². The van der Waals surface area contributed by atoms with Crippen molar-refractivity contribution in [1.29, 1.82) is 0 Å². The summed E-state index contributed by atoms with van der Waals surface area (Å²) in [6.45, 7) is 2.17. The standard InChI is InChI=1S/C10H20O3S2/c1-2-3-4-5-6-14-10-8-15(12,13)7-9(10)11/h9-11H,2-8H2,1H3. The SMILES string of the molecule is CCCCCCSC1CS(=O)(=O)CC1O. The van der Waals surface area contributed by atoms with Crippen molar-refractivity contribution in [2.24, 2.45) is 0 Å². The molecule has 1 heterocycles. The quantitative estimate of drug-likeness (QED) is 0.727. The number of hydrogen-bond donors (Lipinski definition) is 1. The van der Waals surface area contributed by atoms with Crippen LogP contribution in [0.2, 0.25) is 0 Å². The molecule has 5 heteroatoms. The van der Waals surface area contributed by atoms with Crippen molar-refractivity contribution in [3.63, 3.8) is 0 Å². The fraction of sp³-hybridized carbons (Fsp3) is 1.00. The molecule has 15 heavy (non-hydrogen) atoms. The van der Waals surface area contributed by atoms with Gasteiger partial charge in [0.1, 0.15) is 0 Å². The summed E-state index contributed by atoms with van der Waals surface area (Å²) < 4.78 is 22.4. The van der Waals surface area contributed by atoms with Gasteiger partial charge in [-0.2, -0.15) is 11.8 Å². The van der Waals surface area contributed by atoms with Crippen LogP contribution in [0.15, 0.2) is 0 Å². The number of sulfone groups is 1. The Bertz CT molecular complexity index is 274. The highest BCUT2D eigenvalue weighted by molar-refractivity contribution is 8.01. The predicted octanol–water partition coefficient (Wildman–Crippen LogP) is 1.46. The molecular formula is C10H20O3S2. The lowest BCUT2D eigenvalue weighted by Gasteiger charge is -2.11. The summed E-state index contributed by atoms with van der Waals surface area (Å²) >= 11 is 1.62. The molecule has 1 aliphatic heterocycles. The zero-order chi connectivity index (χ0) is 11.3. The lowest BCUT2D eigenvalue weighted by Crippen LogP contribution is -2.20. The summed E-state index contributed by atoms with van der Waals surface area (Å²) in [4.78, 5) is 0. The van der Waals surface area contributed by atoms with Crippen LogP contribution in [0.3, 0.4) is 0 Å². The van der Waals surface area contributed by atoms with Gasteiger partial charge in [-0.3, -0.25) is 0 Å². The summed E-state index contributed by atoms with van der Waals surface area (Å²) in [5.41, 5.74) is 0. The smallest absolute Gasteiger partial charge is 0.154 e. The predicted molar refractivity (Wildman–Crippen MR) is 65.0 cm³/mol. The molecule has 0 aromatic carbocycles. The molecule has 0 bridgehead atoms. The number of unbranched alkanes of at least 4 members (excludes halogenated alkanes) is 3. The van der Waals surface area contributed by atoms with Crippen molar-refractivity contribution in [2.75, 3.05) is 17.3 Å². The molecule has 2 atom stereocenters. The van der Waals surface area contributed by atoms with Gasteiger partial charge in [-0.1, -0.05) is 26.2 Å². The maximum absolute atomic E-state index is 11.2. The van der Waals surface area contributed by atoms with Gasteiger partial charge >= 0.3 is 0 Å². The number of hydrogen-bond acceptors (Lipinski definition) is 4. The van der Waals surface area contributed by atoms with Gasteiger partial charge in [0, 0.05) is 5.25 Å². The first-order chi connectivity index (χ1) is 7.05. The van der Waals surface area contributed by atoms with Crippen molar-refractivity contribution in [3.05, 3.63) is 0 Å². The fourth-order valence-corrected chi connectivity index (χ4v) is 5.45. The Morgan fingerprint density at radius 3 is 2.53 bits per heavy atom. The highest BCUT2D eigenvalue weighted by atomic mass is 32.2. The van der Waals surface area contributed by atoms with E-state index >= 15 is 0 Å². The van der Waals surface area contributed by atoms with Crippen molar-refractivity contribution in [1.82, 2.24) is 0 Å². The van der Waals surface area contributed by atoms with Crippen LogP contribution >= 0.6 is 11.8 Å². The summed E-state index contributed by atoms with van der Waals surface area (Å²) in [5, 5.41) is 9.44. The molecule has 0 radical (unpaired) electrons. The Kier molecular flexibility index (Phi) is 5.43. The van der Waals surface area contributed by atoms with Crippen molar-refractivity contribution >= 4 is 21.6 Å². The van der Waals surface area contributed by atoms with Crippen LogP contribution < -0.4 is 0 Å². The summed E-state index contributed by atoms with van der Waals surface area (Å²) in [6.07, 6.45) is 4.14. The van der Waals surface area contributed by atoms with Crippen molar-refractivity contribution in [2.45, 2.75) is 44.0 Å². The van der Waals surface area contributed by atoms with Crippen LogP contribution in [0.25, 0.3) is 0 Å². The molecule has 1 fully saturated rings. The lowest BCUT2D eigenvalue weighted by molar-refractivity contribution is 0.207. The highest BCUT2D eigenvalue weighted by Gasteiger charge is 2.36. The zero-order valence-electron chi connectivity index (χ0n) is 9.18. The maximum atomic E-state index is 11.2. The number of aliphatic hydroxyl groups is 1. The summed E-state index contributed by atoms with van der Waals surface area (Å²) in [5.74, 6) is 1.09. The van der Waals surface area contributed by atoms with Crippen LogP contribution in [0.4, 0.5) is 0 Å². The van der Waals surface area contributed by atoms with Crippen LogP contribution in [-0.4, -0.2) is 42.1 Å².